The lowest BCUT2D eigenvalue weighted by molar-refractivity contribution is -0.130. The largest absolute Gasteiger partial charge is 0.378 e. The molecule has 0 aromatic heterocycles. The monoisotopic (exact) mass is 295 g/mol. The topological polar surface area (TPSA) is 53.9 Å². The molecule has 1 aliphatic rings. The van der Waals surface area contributed by atoms with Crippen molar-refractivity contribution >= 4 is 29.4 Å². The fourth-order valence-corrected chi connectivity index (χ4v) is 2.14. The van der Waals surface area contributed by atoms with Crippen molar-refractivity contribution in [2.24, 2.45) is 5.10 Å². The summed E-state index contributed by atoms with van der Waals surface area (Å²) in [5.41, 5.74) is 4.24. The lowest BCUT2D eigenvalue weighted by Crippen LogP contribution is -2.30. The van der Waals surface area contributed by atoms with Crippen LogP contribution in [0.3, 0.4) is 0 Å². The highest BCUT2D eigenvalue weighted by Crippen LogP contribution is 2.21. The number of ether oxygens (including phenoxy) is 1. The molecule has 108 valence electrons. The van der Waals surface area contributed by atoms with E-state index in [1.807, 2.05) is 37.2 Å². The fraction of sp³-hybridized carbons (Fsp3) is 0.429. The number of hydrogen-bond acceptors (Lipinski definition) is 4. The minimum Gasteiger partial charge on any atom is -0.378 e. The van der Waals surface area contributed by atoms with Crippen molar-refractivity contribution in [3.8, 4) is 0 Å². The van der Waals surface area contributed by atoms with E-state index in [2.05, 4.69) is 10.5 Å². The molecule has 1 fully saturated rings. The standard InChI is InChI=1S/C14H18ClN3O2/c1-18(2)11-6-5-10(12(15)8-11)9-16-17-14(19)13-4-3-7-20-13/h5-6,8-9,13H,3-4,7H2,1-2H3,(H,17,19)/b16-9+. The molecule has 0 bridgehead atoms. The van der Waals surface area contributed by atoms with Crippen LogP contribution >= 0.6 is 11.6 Å². The third kappa shape index (κ3) is 3.71. The van der Waals surface area contributed by atoms with Crippen molar-refractivity contribution < 1.29 is 9.53 Å². The Balaban J connectivity index is 1.95. The molecule has 1 atom stereocenters. The van der Waals surface area contributed by atoms with E-state index in [0.717, 1.165) is 24.1 Å². The van der Waals surface area contributed by atoms with Crippen molar-refractivity contribution in [3.05, 3.63) is 28.8 Å². The molecule has 1 saturated heterocycles. The van der Waals surface area contributed by atoms with Crippen LogP contribution in [0, 0.1) is 0 Å². The van der Waals surface area contributed by atoms with Gasteiger partial charge in [0.25, 0.3) is 5.91 Å². The summed E-state index contributed by atoms with van der Waals surface area (Å²) >= 11 is 6.16. The quantitative estimate of drug-likeness (QED) is 0.683. The average Bonchev–Trinajstić information content (AvgIpc) is 2.94. The third-order valence-corrected chi connectivity index (χ3v) is 3.43. The van der Waals surface area contributed by atoms with Crippen LogP contribution in [0.15, 0.2) is 23.3 Å². The molecule has 0 radical (unpaired) electrons. The molecule has 2 rings (SSSR count). The van der Waals surface area contributed by atoms with Crippen LogP contribution in [-0.2, 0) is 9.53 Å². The van der Waals surface area contributed by atoms with Gasteiger partial charge in [-0.1, -0.05) is 11.6 Å². The van der Waals surface area contributed by atoms with Crippen LogP contribution in [-0.4, -0.2) is 38.9 Å². The summed E-state index contributed by atoms with van der Waals surface area (Å²) in [6, 6.07) is 5.65. The molecule has 0 saturated carbocycles. The zero-order valence-corrected chi connectivity index (χ0v) is 12.4. The summed E-state index contributed by atoms with van der Waals surface area (Å²) in [6.45, 7) is 0.639. The van der Waals surface area contributed by atoms with Crippen LogP contribution < -0.4 is 10.3 Å². The van der Waals surface area contributed by atoms with Crippen LogP contribution in [0.25, 0.3) is 0 Å². The molecule has 1 amide bonds. The number of halogens is 1. The van der Waals surface area contributed by atoms with E-state index < -0.39 is 0 Å². The van der Waals surface area contributed by atoms with Crippen molar-refractivity contribution in [1.82, 2.24) is 5.43 Å². The molecule has 1 heterocycles. The molecule has 1 unspecified atom stereocenters. The van der Waals surface area contributed by atoms with Gasteiger partial charge in [-0.3, -0.25) is 4.79 Å². The summed E-state index contributed by atoms with van der Waals surface area (Å²) in [5.74, 6) is -0.209. The van der Waals surface area contributed by atoms with Gasteiger partial charge in [-0.2, -0.15) is 5.10 Å². The van der Waals surface area contributed by atoms with Gasteiger partial charge >= 0.3 is 0 Å². The second kappa shape index (κ2) is 6.72. The Bertz CT molecular complexity index is 511. The Hall–Kier alpha value is -1.59. The maximum absolute atomic E-state index is 11.7. The minimum absolute atomic E-state index is 0.209. The second-order valence-corrected chi connectivity index (χ2v) is 5.24. The van der Waals surface area contributed by atoms with E-state index in [9.17, 15) is 4.79 Å². The number of hydrazone groups is 1. The Labute approximate surface area is 123 Å². The number of nitrogens with zero attached hydrogens (tertiary/aromatic N) is 2. The molecular weight excluding hydrogens is 278 g/mol. The Morgan fingerprint density at radius 1 is 1.55 bits per heavy atom. The Morgan fingerprint density at radius 3 is 2.95 bits per heavy atom. The minimum atomic E-state index is -0.376. The first-order valence-electron chi connectivity index (χ1n) is 6.49. The molecule has 0 aliphatic carbocycles. The normalized spacial score (nSPS) is 18.4. The van der Waals surface area contributed by atoms with E-state index in [0.29, 0.717) is 11.6 Å². The number of carbonyl (C=O) groups is 1. The summed E-state index contributed by atoms with van der Waals surface area (Å²) in [4.78, 5) is 13.6. The first-order valence-corrected chi connectivity index (χ1v) is 6.87. The maximum atomic E-state index is 11.7. The van der Waals surface area contributed by atoms with E-state index >= 15 is 0 Å². The second-order valence-electron chi connectivity index (χ2n) is 4.84. The first kappa shape index (κ1) is 14.8. The molecule has 0 spiro atoms. The van der Waals surface area contributed by atoms with Gasteiger partial charge in [-0.15, -0.1) is 0 Å². The van der Waals surface area contributed by atoms with E-state index in [1.165, 1.54) is 6.21 Å². The van der Waals surface area contributed by atoms with Crippen LogP contribution in [0.5, 0.6) is 0 Å². The summed E-state index contributed by atoms with van der Waals surface area (Å²) < 4.78 is 5.27. The number of anilines is 1. The predicted molar refractivity (Wildman–Crippen MR) is 80.5 cm³/mol. The van der Waals surface area contributed by atoms with Crippen molar-refractivity contribution in [2.45, 2.75) is 18.9 Å². The highest BCUT2D eigenvalue weighted by molar-refractivity contribution is 6.33. The average molecular weight is 296 g/mol. The lowest BCUT2D eigenvalue weighted by Gasteiger charge is -2.13. The molecule has 5 nitrogen and oxygen atoms in total. The smallest absolute Gasteiger partial charge is 0.269 e. The number of benzene rings is 1. The fourth-order valence-electron chi connectivity index (χ4n) is 1.92. The van der Waals surface area contributed by atoms with Gasteiger partial charge in [0, 0.05) is 32.0 Å². The summed E-state index contributed by atoms with van der Waals surface area (Å²) in [7, 11) is 3.89. The summed E-state index contributed by atoms with van der Waals surface area (Å²) in [5, 5.41) is 4.51. The Kier molecular flexibility index (Phi) is 4.98. The van der Waals surface area contributed by atoms with Gasteiger partial charge in [-0.05, 0) is 31.0 Å². The van der Waals surface area contributed by atoms with Crippen LogP contribution in [0.1, 0.15) is 18.4 Å². The first-order chi connectivity index (χ1) is 9.58. The van der Waals surface area contributed by atoms with E-state index in [4.69, 9.17) is 16.3 Å². The highest BCUT2D eigenvalue weighted by atomic mass is 35.5. The molecule has 1 N–H and O–H groups in total. The van der Waals surface area contributed by atoms with Gasteiger partial charge in [-0.25, -0.2) is 5.43 Å². The van der Waals surface area contributed by atoms with Gasteiger partial charge in [0.05, 0.1) is 11.2 Å². The number of rotatable bonds is 4. The zero-order valence-electron chi connectivity index (χ0n) is 11.6. The molecule has 6 heteroatoms. The van der Waals surface area contributed by atoms with Gasteiger partial charge in [0.1, 0.15) is 6.10 Å². The molecule has 1 aliphatic heterocycles. The predicted octanol–water partition coefficient (Wildman–Crippen LogP) is 2.04. The molecular formula is C14H18ClN3O2. The third-order valence-electron chi connectivity index (χ3n) is 3.10. The molecule has 1 aromatic carbocycles. The van der Waals surface area contributed by atoms with E-state index in [-0.39, 0.29) is 12.0 Å². The van der Waals surface area contributed by atoms with Gasteiger partial charge in [0.15, 0.2) is 0 Å². The van der Waals surface area contributed by atoms with Crippen LogP contribution in [0.4, 0.5) is 5.69 Å². The van der Waals surface area contributed by atoms with Crippen molar-refractivity contribution in [1.29, 1.82) is 0 Å². The van der Waals surface area contributed by atoms with Gasteiger partial charge < -0.3 is 9.64 Å². The van der Waals surface area contributed by atoms with Crippen molar-refractivity contribution in [3.63, 3.8) is 0 Å². The zero-order chi connectivity index (χ0) is 14.5. The number of hydrogen-bond donors (Lipinski definition) is 1. The van der Waals surface area contributed by atoms with Crippen LogP contribution in [0.2, 0.25) is 5.02 Å². The van der Waals surface area contributed by atoms with Crippen molar-refractivity contribution in [2.75, 3.05) is 25.6 Å². The number of carbonyl (C=O) groups excluding carboxylic acids is 1. The Morgan fingerprint density at radius 2 is 2.35 bits per heavy atom. The lowest BCUT2D eigenvalue weighted by atomic mass is 10.2. The number of nitrogens with one attached hydrogen (secondary N) is 1. The number of amides is 1. The summed E-state index contributed by atoms with van der Waals surface area (Å²) in [6.07, 6.45) is 2.83. The molecule has 1 aromatic rings. The SMILES string of the molecule is CN(C)c1ccc(/C=N/NC(=O)C2CCCO2)c(Cl)c1. The van der Waals surface area contributed by atoms with E-state index in [1.54, 1.807) is 0 Å². The molecule has 20 heavy (non-hydrogen) atoms. The highest BCUT2D eigenvalue weighted by Gasteiger charge is 2.22. The van der Waals surface area contributed by atoms with Gasteiger partial charge in [0.2, 0.25) is 0 Å². The maximum Gasteiger partial charge on any atom is 0.269 e.